The molecule has 0 atom stereocenters. The smallest absolute Gasteiger partial charge is 0.351 e. The highest BCUT2D eigenvalue weighted by Crippen LogP contribution is 2.26. The first-order valence-electron chi connectivity index (χ1n) is 5.67. The predicted molar refractivity (Wildman–Crippen MR) is 70.8 cm³/mol. The van der Waals surface area contributed by atoms with E-state index >= 15 is 0 Å². The molecule has 0 bridgehead atoms. The lowest BCUT2D eigenvalue weighted by Gasteiger charge is -2.16. The Morgan fingerprint density at radius 2 is 1.95 bits per heavy atom. The minimum atomic E-state index is -3.23. The Labute approximate surface area is 126 Å². The maximum absolute atomic E-state index is 11.2. The van der Waals surface area contributed by atoms with Gasteiger partial charge in [0.15, 0.2) is 0 Å². The Hall–Kier alpha value is -2.72. The maximum Gasteiger partial charge on any atom is 0.351 e. The van der Waals surface area contributed by atoms with Crippen molar-refractivity contribution in [2.45, 2.75) is 12.0 Å². The number of nitro groups is 1. The number of aliphatic hydroxyl groups is 1. The van der Waals surface area contributed by atoms with Gasteiger partial charge in [0.05, 0.1) is 5.02 Å². The largest absolute Gasteiger partial charge is 0.479 e. The molecule has 0 amide bonds. The molecule has 2 rings (SSSR count). The number of hydrogen-bond donors (Lipinski definition) is 3. The lowest BCUT2D eigenvalue weighted by molar-refractivity contribution is -0.391. The normalized spacial score (nSPS) is 11.5. The minimum Gasteiger partial charge on any atom is -0.479 e. The fraction of sp³-hybridized carbons (Fsp3) is 0.182. The number of fused-ring (bicyclic) bond motifs is 1. The third kappa shape index (κ3) is 2.44. The molecule has 0 saturated heterocycles. The molecular formula is C11H8ClN3O7. The van der Waals surface area contributed by atoms with Crippen LogP contribution >= 0.6 is 11.6 Å². The molecule has 10 nitrogen and oxygen atoms in total. The molecule has 0 unspecified atom stereocenters. The summed E-state index contributed by atoms with van der Waals surface area (Å²) in [6.45, 7) is 0. The number of carbonyl (C=O) groups is 2. The summed E-state index contributed by atoms with van der Waals surface area (Å²) in [5, 5.41) is 38.7. The van der Waals surface area contributed by atoms with Crippen LogP contribution in [0.25, 0.3) is 5.65 Å². The summed E-state index contributed by atoms with van der Waals surface area (Å²) in [7, 11) is 0. The molecule has 3 N–H and O–H groups in total. The van der Waals surface area contributed by atoms with Crippen molar-refractivity contribution in [1.29, 1.82) is 0 Å². The van der Waals surface area contributed by atoms with Gasteiger partial charge in [0.25, 0.3) is 5.60 Å². The first kappa shape index (κ1) is 15.7. The topological polar surface area (TPSA) is 155 Å². The first-order chi connectivity index (χ1) is 10.2. The first-order valence-corrected chi connectivity index (χ1v) is 6.04. The number of carboxylic acids is 2. The molecule has 11 heteroatoms. The quantitative estimate of drug-likeness (QED) is 0.402. The van der Waals surface area contributed by atoms with Crippen LogP contribution in [0.4, 0.5) is 5.82 Å². The predicted octanol–water partition coefficient (Wildman–Crippen LogP) is 0.339. The van der Waals surface area contributed by atoms with Gasteiger partial charge in [0.2, 0.25) is 5.65 Å². The van der Waals surface area contributed by atoms with Crippen LogP contribution in [0.2, 0.25) is 5.02 Å². The molecule has 0 aliphatic rings. The van der Waals surface area contributed by atoms with Gasteiger partial charge >= 0.3 is 17.8 Å². The molecule has 0 spiro atoms. The lowest BCUT2D eigenvalue weighted by Crippen LogP contribution is -2.48. The van der Waals surface area contributed by atoms with Crippen molar-refractivity contribution < 1.29 is 29.8 Å². The molecule has 22 heavy (non-hydrogen) atoms. The Morgan fingerprint density at radius 1 is 1.36 bits per heavy atom. The van der Waals surface area contributed by atoms with Gasteiger partial charge in [-0.05, 0) is 11.0 Å². The van der Waals surface area contributed by atoms with E-state index in [0.29, 0.717) is 0 Å². The fourth-order valence-electron chi connectivity index (χ4n) is 1.85. The van der Waals surface area contributed by atoms with Gasteiger partial charge in [-0.3, -0.25) is 0 Å². The zero-order valence-corrected chi connectivity index (χ0v) is 11.4. The Balaban J connectivity index is 2.65. The van der Waals surface area contributed by atoms with Gasteiger partial charge in [0.1, 0.15) is 11.9 Å². The van der Waals surface area contributed by atoms with Crippen LogP contribution in [-0.2, 0) is 16.0 Å². The van der Waals surface area contributed by atoms with Crippen molar-refractivity contribution in [3.05, 3.63) is 39.2 Å². The van der Waals surface area contributed by atoms with Gasteiger partial charge in [0, 0.05) is 12.5 Å². The Bertz CT molecular complexity index is 786. The highest BCUT2D eigenvalue weighted by Gasteiger charge is 2.47. The van der Waals surface area contributed by atoms with Crippen molar-refractivity contribution in [2.24, 2.45) is 0 Å². The Morgan fingerprint density at radius 3 is 2.45 bits per heavy atom. The summed E-state index contributed by atoms with van der Waals surface area (Å²) in [6, 6.07) is 2.73. The monoisotopic (exact) mass is 329 g/mol. The molecule has 2 aromatic heterocycles. The average Bonchev–Trinajstić information content (AvgIpc) is 2.74. The van der Waals surface area contributed by atoms with E-state index in [-0.39, 0.29) is 10.7 Å². The van der Waals surface area contributed by atoms with Crippen LogP contribution in [0.15, 0.2) is 18.3 Å². The molecular weight excluding hydrogens is 322 g/mol. The number of hydrogen-bond acceptors (Lipinski definition) is 6. The van der Waals surface area contributed by atoms with Crippen LogP contribution in [0, 0.1) is 10.1 Å². The highest BCUT2D eigenvalue weighted by atomic mass is 35.5. The van der Waals surface area contributed by atoms with Crippen LogP contribution in [-0.4, -0.2) is 47.2 Å². The van der Waals surface area contributed by atoms with Crippen LogP contribution in [0.1, 0.15) is 5.69 Å². The van der Waals surface area contributed by atoms with E-state index < -0.39 is 40.4 Å². The molecule has 2 aromatic rings. The minimum absolute atomic E-state index is 0.0595. The van der Waals surface area contributed by atoms with E-state index in [0.717, 1.165) is 4.40 Å². The third-order valence-corrected chi connectivity index (χ3v) is 3.15. The number of aliphatic carboxylic acids is 2. The molecule has 0 aliphatic carbocycles. The fourth-order valence-corrected chi connectivity index (χ4v) is 2.01. The molecule has 0 aliphatic heterocycles. The summed E-state index contributed by atoms with van der Waals surface area (Å²) in [5.74, 6) is -4.77. The lowest BCUT2D eigenvalue weighted by atomic mass is 9.98. The molecule has 2 heterocycles. The number of imidazole rings is 1. The summed E-state index contributed by atoms with van der Waals surface area (Å²) in [6.07, 6.45) is 0.0966. The zero-order valence-electron chi connectivity index (χ0n) is 10.6. The SMILES string of the molecule is O=C(O)C(O)(Cc1nc2ccc(Cl)cn2c1[N+](=O)[O-])C(=O)O. The number of nitrogens with zero attached hydrogens (tertiary/aromatic N) is 3. The van der Waals surface area contributed by atoms with Crippen LogP contribution in [0.3, 0.4) is 0 Å². The summed E-state index contributed by atoms with van der Waals surface area (Å²) >= 11 is 5.73. The van der Waals surface area contributed by atoms with Crippen molar-refractivity contribution in [3.8, 4) is 0 Å². The van der Waals surface area contributed by atoms with E-state index in [1.54, 1.807) is 0 Å². The number of carboxylic acid groups (broad SMARTS) is 2. The molecule has 0 aromatic carbocycles. The summed E-state index contributed by atoms with van der Waals surface area (Å²) in [4.78, 5) is 36.0. The van der Waals surface area contributed by atoms with Crippen molar-refractivity contribution in [3.63, 3.8) is 0 Å². The maximum atomic E-state index is 11.2. The van der Waals surface area contributed by atoms with Crippen LogP contribution < -0.4 is 0 Å². The second-order valence-corrected chi connectivity index (χ2v) is 4.80. The molecule has 0 radical (unpaired) electrons. The standard InChI is InChI=1S/C11H8ClN3O7/c12-5-1-2-7-13-6(8(15(21)22)14(7)4-5)3-11(20,9(16)17)10(18)19/h1-2,4,20H,3H2,(H,16,17)(H,18,19). The Kier molecular flexibility index (Phi) is 3.73. The third-order valence-electron chi connectivity index (χ3n) is 2.93. The second kappa shape index (κ2) is 5.24. The van der Waals surface area contributed by atoms with Crippen molar-refractivity contribution in [2.75, 3.05) is 0 Å². The summed E-state index contributed by atoms with van der Waals surface area (Å²) < 4.78 is 0.974. The number of pyridine rings is 1. The average molecular weight is 330 g/mol. The number of rotatable bonds is 5. The van der Waals surface area contributed by atoms with Gasteiger partial charge in [-0.1, -0.05) is 11.6 Å². The summed E-state index contributed by atoms with van der Waals surface area (Å²) in [5.41, 5.74) is -3.66. The van der Waals surface area contributed by atoms with E-state index in [9.17, 15) is 24.8 Å². The van der Waals surface area contributed by atoms with E-state index in [4.69, 9.17) is 21.8 Å². The number of halogens is 1. The van der Waals surface area contributed by atoms with Gasteiger partial charge in [-0.25, -0.2) is 14.6 Å². The van der Waals surface area contributed by atoms with Gasteiger partial charge < -0.3 is 25.4 Å². The van der Waals surface area contributed by atoms with E-state index in [2.05, 4.69) is 4.98 Å². The van der Waals surface area contributed by atoms with E-state index in [1.807, 2.05) is 0 Å². The zero-order chi connectivity index (χ0) is 16.7. The number of aromatic nitrogens is 2. The van der Waals surface area contributed by atoms with E-state index in [1.165, 1.54) is 18.3 Å². The molecule has 0 saturated carbocycles. The van der Waals surface area contributed by atoms with Crippen molar-refractivity contribution >= 4 is 35.0 Å². The van der Waals surface area contributed by atoms with Gasteiger partial charge in [-0.2, -0.15) is 4.40 Å². The van der Waals surface area contributed by atoms with Crippen molar-refractivity contribution in [1.82, 2.24) is 9.38 Å². The molecule has 116 valence electrons. The van der Waals surface area contributed by atoms with Crippen LogP contribution in [0.5, 0.6) is 0 Å². The highest BCUT2D eigenvalue weighted by molar-refractivity contribution is 6.30. The van der Waals surface area contributed by atoms with Gasteiger partial charge in [-0.15, -0.1) is 0 Å². The second-order valence-electron chi connectivity index (χ2n) is 4.36. The molecule has 0 fully saturated rings.